The maximum absolute atomic E-state index is 13.2. The number of carbonyl (C=O) groups excluding carboxylic acids is 3. The summed E-state index contributed by atoms with van der Waals surface area (Å²) in [6.07, 6.45) is 4.58. The first-order valence-electron chi connectivity index (χ1n) is 10.8. The molecule has 0 heterocycles. The van der Waals surface area contributed by atoms with Crippen LogP contribution in [0.2, 0.25) is 0 Å². The van der Waals surface area contributed by atoms with E-state index < -0.39 is 42.2 Å². The molecule has 0 aliphatic carbocycles. The van der Waals surface area contributed by atoms with E-state index in [-0.39, 0.29) is 6.54 Å². The fourth-order valence-corrected chi connectivity index (χ4v) is 3.20. The summed E-state index contributed by atoms with van der Waals surface area (Å²) in [7, 11) is 1.43. The molecule has 2 rings (SSSR count). The predicted molar refractivity (Wildman–Crippen MR) is 128 cm³/mol. The highest BCUT2D eigenvalue weighted by atomic mass is 16.6. The molecule has 0 aliphatic heterocycles. The van der Waals surface area contributed by atoms with E-state index in [1.807, 2.05) is 30.3 Å². The van der Waals surface area contributed by atoms with Gasteiger partial charge in [-0.3, -0.25) is 9.59 Å². The molecule has 0 aromatic heterocycles. The zero-order valence-electron chi connectivity index (χ0n) is 19.9. The molecule has 0 fully saturated rings. The Morgan fingerprint density at radius 2 is 1.71 bits per heavy atom. The molecule has 2 aromatic rings. The fourth-order valence-electron chi connectivity index (χ4n) is 3.20. The summed E-state index contributed by atoms with van der Waals surface area (Å²) in [5, 5.41) is 15.0. The van der Waals surface area contributed by atoms with Gasteiger partial charge < -0.3 is 25.4 Å². The van der Waals surface area contributed by atoms with Gasteiger partial charge in [-0.2, -0.15) is 0 Å². The van der Waals surface area contributed by atoms with Crippen molar-refractivity contribution in [2.45, 2.75) is 45.0 Å². The van der Waals surface area contributed by atoms with Crippen molar-refractivity contribution in [1.29, 1.82) is 0 Å². The van der Waals surface area contributed by atoms with Gasteiger partial charge in [0.2, 0.25) is 11.8 Å². The number of nitrogens with zero attached hydrogens (tertiary/aromatic N) is 1. The number of hydrogen-bond acceptors (Lipinski definition) is 5. The highest BCUT2D eigenvalue weighted by molar-refractivity contribution is 5.92. The van der Waals surface area contributed by atoms with Crippen molar-refractivity contribution in [1.82, 2.24) is 15.5 Å². The van der Waals surface area contributed by atoms with Gasteiger partial charge in [-0.05, 0) is 44.0 Å². The second kappa shape index (κ2) is 11.9. The smallest absolute Gasteiger partial charge is 0.408 e. The van der Waals surface area contributed by atoms with Crippen molar-refractivity contribution < 1.29 is 24.2 Å². The molecule has 0 spiro atoms. The van der Waals surface area contributed by atoms with Gasteiger partial charge in [0.1, 0.15) is 17.7 Å². The number of carbonyl (C=O) groups is 3. The number of alkyl carbamates (subject to hydrolysis) is 1. The molecule has 2 aromatic carbocycles. The van der Waals surface area contributed by atoms with E-state index in [1.165, 1.54) is 11.9 Å². The first-order chi connectivity index (χ1) is 16.1. The van der Waals surface area contributed by atoms with E-state index in [4.69, 9.17) is 11.2 Å². The van der Waals surface area contributed by atoms with Crippen LogP contribution in [0.15, 0.2) is 54.6 Å². The molecule has 180 valence electrons. The van der Waals surface area contributed by atoms with Gasteiger partial charge in [0.15, 0.2) is 0 Å². The highest BCUT2D eigenvalue weighted by Gasteiger charge is 2.33. The van der Waals surface area contributed by atoms with Crippen LogP contribution >= 0.6 is 0 Å². The van der Waals surface area contributed by atoms with Crippen LogP contribution < -0.4 is 10.6 Å². The lowest BCUT2D eigenvalue weighted by molar-refractivity contribution is -0.141. The normalized spacial score (nSPS) is 12.6. The number of likely N-dealkylation sites (N-methyl/N-ethyl adjacent to an activating group) is 1. The third-order valence-corrected chi connectivity index (χ3v) is 4.86. The largest absolute Gasteiger partial charge is 0.444 e. The van der Waals surface area contributed by atoms with E-state index in [0.717, 1.165) is 5.56 Å². The average molecular weight is 466 g/mol. The summed E-state index contributed by atoms with van der Waals surface area (Å²) < 4.78 is 5.18. The van der Waals surface area contributed by atoms with E-state index in [0.29, 0.717) is 11.1 Å². The van der Waals surface area contributed by atoms with Crippen molar-refractivity contribution in [3.63, 3.8) is 0 Å². The van der Waals surface area contributed by atoms with Crippen molar-refractivity contribution in [3.8, 4) is 12.3 Å². The topological polar surface area (TPSA) is 108 Å². The number of aliphatic hydroxyl groups excluding tert-OH is 1. The molecule has 8 heteroatoms. The molecule has 3 N–H and O–H groups in total. The number of nitrogens with one attached hydrogen (secondary N) is 2. The van der Waals surface area contributed by atoms with Gasteiger partial charge in [0, 0.05) is 19.2 Å². The Bertz CT molecular complexity index is 1020. The van der Waals surface area contributed by atoms with Crippen LogP contribution in [-0.4, -0.2) is 53.2 Å². The third kappa shape index (κ3) is 7.64. The number of terminal acetylenes is 1. The zero-order chi connectivity index (χ0) is 25.3. The standard InChI is InChI=1S/C26H31N3O5/c1-6-18-12-14-20(15-13-18)22(23(31)27-16-19-10-8-7-9-11-19)29(5)24(32)21(17-30)28-25(33)34-26(2,3)4/h1,7-15,21-22,30H,16-17H2,2-5H3,(H,27,31)(H,28,33). The molecular weight excluding hydrogens is 434 g/mol. The molecule has 2 unspecified atom stereocenters. The molecule has 8 nitrogen and oxygen atoms in total. The Labute approximate surface area is 200 Å². The Hall–Kier alpha value is -3.83. The highest BCUT2D eigenvalue weighted by Crippen LogP contribution is 2.22. The Kier molecular flexibility index (Phi) is 9.22. The SMILES string of the molecule is C#Cc1ccc(C(C(=O)NCc2ccccc2)N(C)C(=O)C(CO)NC(=O)OC(C)(C)C)cc1. The van der Waals surface area contributed by atoms with E-state index in [9.17, 15) is 19.5 Å². The van der Waals surface area contributed by atoms with E-state index in [1.54, 1.807) is 45.0 Å². The summed E-state index contributed by atoms with van der Waals surface area (Å²) in [5.41, 5.74) is 1.26. The minimum Gasteiger partial charge on any atom is -0.444 e. The third-order valence-electron chi connectivity index (χ3n) is 4.86. The molecule has 34 heavy (non-hydrogen) atoms. The van der Waals surface area contributed by atoms with E-state index in [2.05, 4.69) is 16.6 Å². The number of benzene rings is 2. The van der Waals surface area contributed by atoms with Crippen molar-refractivity contribution in [2.75, 3.05) is 13.7 Å². The predicted octanol–water partition coefficient (Wildman–Crippen LogP) is 2.37. The fraction of sp³-hybridized carbons (Fsp3) is 0.346. The van der Waals surface area contributed by atoms with Gasteiger partial charge in [-0.15, -0.1) is 6.42 Å². The number of ether oxygens (including phenoxy) is 1. The summed E-state index contributed by atoms with van der Waals surface area (Å²) in [4.78, 5) is 39.7. The van der Waals surface area contributed by atoms with Gasteiger partial charge in [0.25, 0.3) is 0 Å². The lowest BCUT2D eigenvalue weighted by atomic mass is 10.0. The lowest BCUT2D eigenvalue weighted by Gasteiger charge is -2.31. The molecule has 3 amide bonds. The van der Waals surface area contributed by atoms with Crippen LogP contribution in [0.1, 0.15) is 43.5 Å². The van der Waals surface area contributed by atoms with Gasteiger partial charge >= 0.3 is 6.09 Å². The molecular formula is C26H31N3O5. The minimum atomic E-state index is -1.30. The lowest BCUT2D eigenvalue weighted by Crippen LogP contribution is -2.53. The van der Waals surface area contributed by atoms with Crippen LogP contribution in [0.25, 0.3) is 0 Å². The quantitative estimate of drug-likeness (QED) is 0.519. The summed E-state index contributed by atoms with van der Waals surface area (Å²) >= 11 is 0. The van der Waals surface area contributed by atoms with Crippen molar-refractivity contribution >= 4 is 17.9 Å². The Morgan fingerprint density at radius 1 is 1.09 bits per heavy atom. The van der Waals surface area contributed by atoms with Crippen LogP contribution in [0.4, 0.5) is 4.79 Å². The molecule has 2 atom stereocenters. The monoisotopic (exact) mass is 465 g/mol. The molecule has 0 saturated carbocycles. The number of rotatable bonds is 8. The van der Waals surface area contributed by atoms with Gasteiger partial charge in [-0.25, -0.2) is 4.79 Å². The van der Waals surface area contributed by atoms with Gasteiger partial charge in [0.05, 0.1) is 6.61 Å². The molecule has 0 aliphatic rings. The first kappa shape index (κ1) is 26.4. The summed E-state index contributed by atoms with van der Waals surface area (Å²) in [5.74, 6) is 1.43. The zero-order valence-corrected chi connectivity index (χ0v) is 19.9. The molecule has 0 bridgehead atoms. The van der Waals surface area contributed by atoms with Crippen molar-refractivity contribution in [2.24, 2.45) is 0 Å². The van der Waals surface area contributed by atoms with E-state index >= 15 is 0 Å². The Morgan fingerprint density at radius 3 is 2.24 bits per heavy atom. The van der Waals surface area contributed by atoms with Gasteiger partial charge in [-0.1, -0.05) is 48.4 Å². The molecule has 0 radical (unpaired) electrons. The number of amides is 3. The van der Waals surface area contributed by atoms with Crippen molar-refractivity contribution in [3.05, 3.63) is 71.3 Å². The summed E-state index contributed by atoms with van der Waals surface area (Å²) in [6, 6.07) is 13.7. The first-order valence-corrected chi connectivity index (χ1v) is 10.8. The second-order valence-corrected chi connectivity index (χ2v) is 8.70. The molecule has 0 saturated heterocycles. The van der Waals surface area contributed by atoms with Crippen LogP contribution in [0, 0.1) is 12.3 Å². The second-order valence-electron chi connectivity index (χ2n) is 8.70. The Balaban J connectivity index is 2.26. The number of aliphatic hydroxyl groups is 1. The summed E-state index contributed by atoms with van der Waals surface area (Å²) in [6.45, 7) is 4.64. The van der Waals surface area contributed by atoms with Crippen LogP contribution in [-0.2, 0) is 20.9 Å². The minimum absolute atomic E-state index is 0.264. The van der Waals surface area contributed by atoms with Crippen LogP contribution in [0.5, 0.6) is 0 Å². The maximum Gasteiger partial charge on any atom is 0.408 e. The maximum atomic E-state index is 13.2. The average Bonchev–Trinajstić information content (AvgIpc) is 2.80. The number of hydrogen-bond donors (Lipinski definition) is 3. The van der Waals surface area contributed by atoms with Crippen LogP contribution in [0.3, 0.4) is 0 Å².